The van der Waals surface area contributed by atoms with Gasteiger partial charge in [0.2, 0.25) is 5.91 Å². The van der Waals surface area contributed by atoms with Gasteiger partial charge in [-0.15, -0.1) is 0 Å². The van der Waals surface area contributed by atoms with Crippen LogP contribution in [0.25, 0.3) is 0 Å². The number of hydrogen-bond acceptors (Lipinski definition) is 2. The van der Waals surface area contributed by atoms with E-state index >= 15 is 0 Å². The van der Waals surface area contributed by atoms with E-state index < -0.39 is 18.0 Å². The van der Waals surface area contributed by atoms with Crippen molar-refractivity contribution in [2.45, 2.75) is 51.1 Å². The summed E-state index contributed by atoms with van der Waals surface area (Å²) in [6.45, 7) is 0.467. The van der Waals surface area contributed by atoms with E-state index in [0.717, 1.165) is 12.8 Å². The number of carbonyl (C=O) groups is 1. The fourth-order valence-electron chi connectivity index (χ4n) is 2.51. The summed E-state index contributed by atoms with van der Waals surface area (Å²) in [4.78, 5) is 12.3. The number of thiocarbonyl (C=S) groups is 1. The number of alkyl halides is 3. The van der Waals surface area contributed by atoms with E-state index in [2.05, 4.69) is 5.32 Å². The van der Waals surface area contributed by atoms with Crippen LogP contribution in [0, 0.1) is 11.8 Å². The minimum absolute atomic E-state index is 0.0811. The number of amides is 1. The van der Waals surface area contributed by atoms with Crippen molar-refractivity contribution >= 4 is 23.1 Å². The molecule has 2 unspecified atom stereocenters. The lowest BCUT2D eigenvalue weighted by Crippen LogP contribution is -2.37. The first-order valence-corrected chi connectivity index (χ1v) is 7.34. The fourth-order valence-corrected chi connectivity index (χ4v) is 2.65. The minimum atomic E-state index is -4.18. The Morgan fingerprint density at radius 3 is 2.60 bits per heavy atom. The van der Waals surface area contributed by atoms with Crippen molar-refractivity contribution in [2.24, 2.45) is 17.6 Å². The monoisotopic (exact) mass is 310 g/mol. The van der Waals surface area contributed by atoms with Gasteiger partial charge in [-0.2, -0.15) is 13.2 Å². The van der Waals surface area contributed by atoms with Gasteiger partial charge >= 0.3 is 6.18 Å². The van der Waals surface area contributed by atoms with Crippen molar-refractivity contribution < 1.29 is 18.0 Å². The number of carbonyl (C=O) groups excluding carboxylic acids is 1. The van der Waals surface area contributed by atoms with E-state index in [0.29, 0.717) is 30.8 Å². The Hall–Kier alpha value is -0.850. The van der Waals surface area contributed by atoms with Gasteiger partial charge in [0.25, 0.3) is 0 Å². The lowest BCUT2D eigenvalue weighted by atomic mass is 9.80. The van der Waals surface area contributed by atoms with Crippen molar-refractivity contribution in [3.63, 3.8) is 0 Å². The normalized spacial score (nSPS) is 23.4. The predicted molar refractivity (Wildman–Crippen MR) is 75.1 cm³/mol. The zero-order chi connectivity index (χ0) is 15.2. The van der Waals surface area contributed by atoms with E-state index in [1.54, 1.807) is 0 Å². The van der Waals surface area contributed by atoms with Crippen LogP contribution in [0.5, 0.6) is 0 Å². The summed E-state index contributed by atoms with van der Waals surface area (Å²) < 4.78 is 38.0. The summed E-state index contributed by atoms with van der Waals surface area (Å²) in [5.41, 5.74) is 5.34. The molecule has 0 radical (unpaired) electrons. The third-order valence-corrected chi connectivity index (χ3v) is 3.86. The first-order valence-electron chi connectivity index (χ1n) is 6.93. The molecule has 1 aliphatic rings. The zero-order valence-electron chi connectivity index (χ0n) is 11.3. The van der Waals surface area contributed by atoms with Crippen LogP contribution in [0.3, 0.4) is 0 Å². The molecule has 0 spiro atoms. The van der Waals surface area contributed by atoms with Crippen molar-refractivity contribution in [3.8, 4) is 0 Å². The summed E-state index contributed by atoms with van der Waals surface area (Å²) in [6.07, 6.45) is -0.969. The Labute approximate surface area is 122 Å². The van der Waals surface area contributed by atoms with Crippen LogP contribution in [0.4, 0.5) is 13.2 Å². The van der Waals surface area contributed by atoms with Gasteiger partial charge in [-0.25, -0.2) is 0 Å². The van der Waals surface area contributed by atoms with Gasteiger partial charge in [0.1, 0.15) is 0 Å². The maximum atomic E-state index is 12.7. The molecular formula is C13H21F3N2OS. The Bertz CT molecular complexity index is 347. The molecule has 0 aromatic carbocycles. The quantitative estimate of drug-likeness (QED) is 0.586. The summed E-state index contributed by atoms with van der Waals surface area (Å²) in [5.74, 6) is -2.10. The lowest BCUT2D eigenvalue weighted by Gasteiger charge is -2.29. The van der Waals surface area contributed by atoms with E-state index in [4.69, 9.17) is 18.0 Å². The fraction of sp³-hybridized carbons (Fsp3) is 0.846. The molecular weight excluding hydrogens is 289 g/mol. The summed E-state index contributed by atoms with van der Waals surface area (Å²) >= 11 is 4.73. The molecule has 3 N–H and O–H groups in total. The molecule has 1 fully saturated rings. The highest BCUT2D eigenvalue weighted by Gasteiger charge is 2.43. The first kappa shape index (κ1) is 17.2. The van der Waals surface area contributed by atoms with Gasteiger partial charge < -0.3 is 11.1 Å². The SMILES string of the molecule is NC(=S)CCCCNC(=O)C1CCCC(C(F)(F)F)C1. The second-order valence-electron chi connectivity index (χ2n) is 5.32. The van der Waals surface area contributed by atoms with Crippen LogP contribution in [-0.2, 0) is 4.79 Å². The van der Waals surface area contributed by atoms with Gasteiger partial charge in [-0.1, -0.05) is 18.6 Å². The van der Waals surface area contributed by atoms with E-state index in [1.165, 1.54) is 0 Å². The van der Waals surface area contributed by atoms with E-state index in [1.807, 2.05) is 0 Å². The molecule has 0 aromatic heterocycles. The third kappa shape index (κ3) is 6.07. The van der Waals surface area contributed by atoms with Crippen molar-refractivity contribution in [1.29, 1.82) is 0 Å². The molecule has 0 aromatic rings. The molecule has 7 heteroatoms. The number of halogens is 3. The molecule has 1 amide bonds. The van der Waals surface area contributed by atoms with E-state index in [9.17, 15) is 18.0 Å². The predicted octanol–water partition coefficient (Wildman–Crippen LogP) is 2.93. The van der Waals surface area contributed by atoms with Crippen LogP contribution in [0.1, 0.15) is 44.9 Å². The smallest absolute Gasteiger partial charge is 0.391 e. The number of rotatable bonds is 6. The highest BCUT2D eigenvalue weighted by atomic mass is 32.1. The van der Waals surface area contributed by atoms with Crippen LogP contribution in [-0.4, -0.2) is 23.6 Å². The second kappa shape index (κ2) is 7.81. The topological polar surface area (TPSA) is 55.1 Å². The van der Waals surface area contributed by atoms with Gasteiger partial charge in [0.15, 0.2) is 0 Å². The Morgan fingerprint density at radius 2 is 2.00 bits per heavy atom. The number of nitrogens with two attached hydrogens (primary N) is 1. The molecule has 116 valence electrons. The average Bonchev–Trinajstić information content (AvgIpc) is 2.37. The maximum Gasteiger partial charge on any atom is 0.391 e. The van der Waals surface area contributed by atoms with Crippen LogP contribution in [0.2, 0.25) is 0 Å². The molecule has 1 rings (SSSR count). The minimum Gasteiger partial charge on any atom is -0.393 e. The summed E-state index contributed by atoms with van der Waals surface area (Å²) in [7, 11) is 0. The molecule has 20 heavy (non-hydrogen) atoms. The molecule has 0 bridgehead atoms. The standard InChI is InChI=1S/C13H21F3N2OS/c14-13(15,16)10-5-3-4-9(8-10)12(19)18-7-2-1-6-11(17)20/h9-10H,1-8H2,(H2,17,20)(H,18,19). The van der Waals surface area contributed by atoms with Crippen LogP contribution < -0.4 is 11.1 Å². The molecule has 2 atom stereocenters. The Kier molecular flexibility index (Phi) is 6.71. The van der Waals surface area contributed by atoms with Gasteiger partial charge in [-0.3, -0.25) is 4.79 Å². The van der Waals surface area contributed by atoms with Crippen molar-refractivity contribution in [2.75, 3.05) is 6.54 Å². The lowest BCUT2D eigenvalue weighted by molar-refractivity contribution is -0.186. The highest BCUT2D eigenvalue weighted by Crippen LogP contribution is 2.39. The molecule has 0 heterocycles. The second-order valence-corrected chi connectivity index (χ2v) is 5.84. The Morgan fingerprint density at radius 1 is 1.30 bits per heavy atom. The van der Waals surface area contributed by atoms with Gasteiger partial charge in [0, 0.05) is 12.5 Å². The number of hydrogen-bond donors (Lipinski definition) is 2. The first-order chi connectivity index (χ1) is 9.30. The van der Waals surface area contributed by atoms with Gasteiger partial charge in [-0.05, 0) is 38.5 Å². The molecule has 0 saturated heterocycles. The maximum absolute atomic E-state index is 12.7. The molecule has 0 aliphatic heterocycles. The van der Waals surface area contributed by atoms with Crippen LogP contribution >= 0.6 is 12.2 Å². The average molecular weight is 310 g/mol. The largest absolute Gasteiger partial charge is 0.393 e. The summed E-state index contributed by atoms with van der Waals surface area (Å²) in [5, 5.41) is 2.71. The highest BCUT2D eigenvalue weighted by molar-refractivity contribution is 7.80. The summed E-state index contributed by atoms with van der Waals surface area (Å²) in [6, 6.07) is 0. The van der Waals surface area contributed by atoms with Crippen molar-refractivity contribution in [1.82, 2.24) is 5.32 Å². The molecule has 1 aliphatic carbocycles. The van der Waals surface area contributed by atoms with Crippen LogP contribution in [0.15, 0.2) is 0 Å². The Balaban J connectivity index is 2.27. The molecule has 3 nitrogen and oxygen atoms in total. The van der Waals surface area contributed by atoms with E-state index in [-0.39, 0.29) is 18.7 Å². The van der Waals surface area contributed by atoms with Crippen molar-refractivity contribution in [3.05, 3.63) is 0 Å². The number of nitrogens with one attached hydrogen (secondary N) is 1. The molecule has 1 saturated carbocycles. The van der Waals surface area contributed by atoms with Gasteiger partial charge in [0.05, 0.1) is 10.9 Å². The third-order valence-electron chi connectivity index (χ3n) is 3.66. The number of unbranched alkanes of at least 4 members (excludes halogenated alkanes) is 1. The zero-order valence-corrected chi connectivity index (χ0v) is 12.2.